The van der Waals surface area contributed by atoms with E-state index < -0.39 is 0 Å². The summed E-state index contributed by atoms with van der Waals surface area (Å²) in [6.07, 6.45) is 6.19. The molecule has 0 radical (unpaired) electrons. The predicted octanol–water partition coefficient (Wildman–Crippen LogP) is 2.20. The van der Waals surface area contributed by atoms with Gasteiger partial charge in [0.15, 0.2) is 0 Å². The Hall–Kier alpha value is 0.350. The molecule has 2 fully saturated rings. The van der Waals surface area contributed by atoms with E-state index in [-0.39, 0.29) is 0 Å². The third-order valence-electron chi connectivity index (χ3n) is 2.94. The first-order valence-electron chi connectivity index (χ1n) is 4.52. The van der Waals surface area contributed by atoms with Gasteiger partial charge in [-0.25, -0.2) is 0 Å². The molecule has 2 saturated heterocycles. The zero-order chi connectivity index (χ0) is 6.97. The summed E-state index contributed by atoms with van der Waals surface area (Å²) in [5.41, 5.74) is 0. The molecule has 0 N–H and O–H groups in total. The van der Waals surface area contributed by atoms with Crippen molar-refractivity contribution in [1.82, 2.24) is 0 Å². The van der Waals surface area contributed by atoms with E-state index in [2.05, 4.69) is 6.92 Å². The summed E-state index contributed by atoms with van der Waals surface area (Å²) in [5.74, 6) is 4.20. The normalized spacial score (nSPS) is 47.1. The highest BCUT2D eigenvalue weighted by atomic mass is 32.2. The van der Waals surface area contributed by atoms with E-state index in [1.54, 1.807) is 30.8 Å². The Morgan fingerprint density at radius 3 is 3.00 bits per heavy atom. The van der Waals surface area contributed by atoms with Crippen LogP contribution in [0.4, 0.5) is 0 Å². The third kappa shape index (κ3) is 1.20. The van der Waals surface area contributed by atoms with Crippen LogP contribution in [0.2, 0.25) is 0 Å². The molecule has 0 saturated carbocycles. The van der Waals surface area contributed by atoms with Crippen LogP contribution < -0.4 is 0 Å². The maximum absolute atomic E-state index is 2.43. The predicted molar refractivity (Wildman–Crippen MR) is 48.5 cm³/mol. The number of fused-ring (bicyclic) bond motifs is 1. The molecule has 10 heavy (non-hydrogen) atoms. The lowest BCUT2D eigenvalue weighted by Gasteiger charge is -2.22. The van der Waals surface area contributed by atoms with Gasteiger partial charge in [-0.1, -0.05) is 6.92 Å². The van der Waals surface area contributed by atoms with Gasteiger partial charge in [0.25, 0.3) is 0 Å². The highest BCUT2D eigenvalue weighted by Gasteiger charge is 2.40. The zero-order valence-electron chi connectivity index (χ0n) is 6.81. The van der Waals surface area contributed by atoms with Gasteiger partial charge in [-0.3, -0.25) is 0 Å². The van der Waals surface area contributed by atoms with Crippen molar-refractivity contribution in [1.29, 1.82) is 0 Å². The van der Waals surface area contributed by atoms with Crippen LogP contribution in [0.5, 0.6) is 0 Å². The Kier molecular flexibility index (Phi) is 1.94. The summed E-state index contributed by atoms with van der Waals surface area (Å²) in [4.78, 5) is 0. The SMILES string of the molecule is C[C@H]1CC[S+]2CCC[C@H]2C1. The Balaban J connectivity index is 1.96. The molecule has 0 aromatic heterocycles. The van der Waals surface area contributed by atoms with Gasteiger partial charge in [0, 0.05) is 0 Å². The van der Waals surface area contributed by atoms with Gasteiger partial charge in [0.2, 0.25) is 0 Å². The Morgan fingerprint density at radius 2 is 2.10 bits per heavy atom. The summed E-state index contributed by atoms with van der Waals surface area (Å²) >= 11 is 0. The minimum Gasteiger partial charge on any atom is -0.0621 e. The van der Waals surface area contributed by atoms with Crippen LogP contribution in [-0.2, 0) is 10.9 Å². The molecule has 0 amide bonds. The molecule has 0 bridgehead atoms. The Morgan fingerprint density at radius 1 is 1.20 bits per heavy atom. The largest absolute Gasteiger partial charge is 0.118 e. The molecule has 2 aliphatic heterocycles. The lowest BCUT2D eigenvalue weighted by molar-refractivity contribution is 0.485. The first-order valence-corrected chi connectivity index (χ1v) is 6.15. The zero-order valence-corrected chi connectivity index (χ0v) is 7.62. The second kappa shape index (κ2) is 2.77. The monoisotopic (exact) mass is 157 g/mol. The molecule has 0 spiro atoms. The van der Waals surface area contributed by atoms with Crippen LogP contribution >= 0.6 is 0 Å². The van der Waals surface area contributed by atoms with Crippen LogP contribution in [0.1, 0.15) is 32.6 Å². The molecule has 0 aromatic rings. The van der Waals surface area contributed by atoms with E-state index in [0.29, 0.717) is 0 Å². The summed E-state index contributed by atoms with van der Waals surface area (Å²) in [6.45, 7) is 2.43. The maximum atomic E-state index is 2.43. The van der Waals surface area contributed by atoms with Crippen LogP contribution in [0, 0.1) is 5.92 Å². The summed E-state index contributed by atoms with van der Waals surface area (Å²) < 4.78 is 0. The molecule has 2 heterocycles. The van der Waals surface area contributed by atoms with Crippen molar-refractivity contribution in [2.24, 2.45) is 5.92 Å². The van der Waals surface area contributed by atoms with E-state index in [1.807, 2.05) is 0 Å². The molecule has 0 nitrogen and oxygen atoms in total. The minimum absolute atomic E-state index is 0.894. The topological polar surface area (TPSA) is 0 Å². The lowest BCUT2D eigenvalue weighted by Crippen LogP contribution is -2.28. The quantitative estimate of drug-likeness (QED) is 0.473. The standard InChI is InChI=1S/C9H17S/c1-8-4-6-10-5-2-3-9(10)7-8/h8-9H,2-7H2,1H3/q+1/t8-,9-,10?/m0/s1. The molecule has 0 aromatic carbocycles. The fraction of sp³-hybridized carbons (Fsp3) is 1.00. The molecular weight excluding hydrogens is 140 g/mol. The van der Waals surface area contributed by atoms with E-state index >= 15 is 0 Å². The van der Waals surface area contributed by atoms with Crippen LogP contribution in [0.25, 0.3) is 0 Å². The van der Waals surface area contributed by atoms with Gasteiger partial charge in [-0.15, -0.1) is 0 Å². The summed E-state index contributed by atoms with van der Waals surface area (Å²) in [7, 11) is 0.894. The summed E-state index contributed by atoms with van der Waals surface area (Å²) in [5, 5.41) is 1.17. The van der Waals surface area contributed by atoms with E-state index in [0.717, 1.165) is 16.8 Å². The number of rotatable bonds is 0. The van der Waals surface area contributed by atoms with Crippen LogP contribution in [0.15, 0.2) is 0 Å². The first kappa shape index (κ1) is 7.02. The molecular formula is C9H17S+. The van der Waals surface area contributed by atoms with Crippen molar-refractivity contribution in [3.63, 3.8) is 0 Å². The smallest absolute Gasteiger partial charge is 0.0621 e. The van der Waals surface area contributed by atoms with Crippen molar-refractivity contribution in [2.75, 3.05) is 11.5 Å². The highest BCUT2D eigenvalue weighted by Crippen LogP contribution is 2.34. The van der Waals surface area contributed by atoms with Gasteiger partial charge < -0.3 is 0 Å². The molecule has 0 aliphatic carbocycles. The molecule has 3 atom stereocenters. The second-order valence-electron chi connectivity index (χ2n) is 3.84. The fourth-order valence-electron chi connectivity index (χ4n) is 2.27. The average molecular weight is 157 g/mol. The number of hydrogen-bond acceptors (Lipinski definition) is 0. The van der Waals surface area contributed by atoms with Gasteiger partial charge in [-0.05, 0) is 42.5 Å². The van der Waals surface area contributed by atoms with Crippen molar-refractivity contribution in [3.05, 3.63) is 0 Å². The average Bonchev–Trinajstić information content (AvgIpc) is 2.33. The van der Waals surface area contributed by atoms with Crippen molar-refractivity contribution in [3.8, 4) is 0 Å². The van der Waals surface area contributed by atoms with Gasteiger partial charge >= 0.3 is 0 Å². The molecule has 1 heteroatoms. The lowest BCUT2D eigenvalue weighted by atomic mass is 10.0. The van der Waals surface area contributed by atoms with E-state index in [9.17, 15) is 0 Å². The van der Waals surface area contributed by atoms with Crippen LogP contribution in [0.3, 0.4) is 0 Å². The minimum atomic E-state index is 0.894. The van der Waals surface area contributed by atoms with Crippen molar-refractivity contribution >= 4 is 10.9 Å². The van der Waals surface area contributed by atoms with Crippen LogP contribution in [-0.4, -0.2) is 16.8 Å². The first-order chi connectivity index (χ1) is 4.86. The molecule has 58 valence electrons. The molecule has 2 rings (SSSR count). The highest BCUT2D eigenvalue weighted by molar-refractivity contribution is 7.97. The van der Waals surface area contributed by atoms with Gasteiger partial charge in [-0.2, -0.15) is 0 Å². The third-order valence-corrected chi connectivity index (χ3v) is 5.89. The summed E-state index contributed by atoms with van der Waals surface area (Å²) in [6, 6.07) is 0. The maximum Gasteiger partial charge on any atom is 0.118 e. The fourth-order valence-corrected chi connectivity index (χ4v) is 5.49. The van der Waals surface area contributed by atoms with Crippen molar-refractivity contribution < 1.29 is 0 Å². The molecule has 2 aliphatic rings. The Labute approximate surface area is 66.7 Å². The second-order valence-corrected chi connectivity index (χ2v) is 6.40. The molecule has 1 unspecified atom stereocenters. The number of hydrogen-bond donors (Lipinski definition) is 0. The van der Waals surface area contributed by atoms with Crippen molar-refractivity contribution in [2.45, 2.75) is 37.9 Å². The van der Waals surface area contributed by atoms with E-state index in [4.69, 9.17) is 0 Å². The Bertz CT molecular complexity index is 122. The van der Waals surface area contributed by atoms with Gasteiger partial charge in [0.1, 0.15) is 16.8 Å². The van der Waals surface area contributed by atoms with E-state index in [1.165, 1.54) is 11.7 Å². The van der Waals surface area contributed by atoms with Gasteiger partial charge in [0.05, 0.1) is 0 Å².